The Balaban J connectivity index is 2.24. The molecule has 0 unspecified atom stereocenters. The highest BCUT2D eigenvalue weighted by molar-refractivity contribution is 5.73. The fourth-order valence-corrected chi connectivity index (χ4v) is 2.67. The van der Waals surface area contributed by atoms with Gasteiger partial charge in [-0.15, -0.1) is 5.10 Å². The maximum Gasteiger partial charge on any atom is 0.323 e. The molecule has 150 valence electrons. The predicted octanol–water partition coefficient (Wildman–Crippen LogP) is 0.903. The van der Waals surface area contributed by atoms with E-state index in [1.165, 1.54) is 24.4 Å². The SMILES string of the molecule is CC(C)Nc1ncc(-c2cc(-c3nnn[nH]3)cc([N+](=O)[O-])c2)n(CC(=O)O)c1=O. The maximum absolute atomic E-state index is 12.8. The Bertz CT molecular complexity index is 1120. The van der Waals surface area contributed by atoms with Gasteiger partial charge < -0.3 is 10.4 Å². The zero-order chi connectivity index (χ0) is 21.1. The Morgan fingerprint density at radius 3 is 2.66 bits per heavy atom. The number of carbonyl (C=O) groups is 1. The van der Waals surface area contributed by atoms with Crippen molar-refractivity contribution in [2.45, 2.75) is 26.4 Å². The fraction of sp³-hybridized carbons (Fsp3) is 0.250. The third kappa shape index (κ3) is 4.23. The first-order valence-electron chi connectivity index (χ1n) is 8.38. The van der Waals surface area contributed by atoms with E-state index in [9.17, 15) is 24.8 Å². The minimum absolute atomic E-state index is 0.0184. The molecule has 0 aliphatic rings. The molecule has 29 heavy (non-hydrogen) atoms. The van der Waals surface area contributed by atoms with Crippen molar-refractivity contribution < 1.29 is 14.8 Å². The largest absolute Gasteiger partial charge is 0.480 e. The topological polar surface area (TPSA) is 182 Å². The average Bonchev–Trinajstić information content (AvgIpc) is 3.19. The third-order valence-electron chi connectivity index (χ3n) is 3.82. The predicted molar refractivity (Wildman–Crippen MR) is 100 cm³/mol. The van der Waals surface area contributed by atoms with E-state index in [0.717, 1.165) is 4.57 Å². The van der Waals surface area contributed by atoms with Crippen molar-refractivity contribution in [3.8, 4) is 22.6 Å². The molecule has 0 aliphatic heterocycles. The highest BCUT2D eigenvalue weighted by Gasteiger charge is 2.19. The second kappa shape index (κ2) is 7.84. The van der Waals surface area contributed by atoms with Gasteiger partial charge in [-0.25, -0.2) is 10.1 Å². The summed E-state index contributed by atoms with van der Waals surface area (Å²) in [6.45, 7) is 2.95. The van der Waals surface area contributed by atoms with Gasteiger partial charge in [-0.2, -0.15) is 0 Å². The number of aliphatic carboxylic acids is 1. The van der Waals surface area contributed by atoms with Gasteiger partial charge in [0.15, 0.2) is 11.6 Å². The lowest BCUT2D eigenvalue weighted by atomic mass is 10.1. The van der Waals surface area contributed by atoms with Crippen molar-refractivity contribution in [3.63, 3.8) is 0 Å². The van der Waals surface area contributed by atoms with E-state index in [1.54, 1.807) is 13.8 Å². The molecule has 1 aromatic carbocycles. The number of nitrogens with one attached hydrogen (secondary N) is 2. The highest BCUT2D eigenvalue weighted by atomic mass is 16.6. The molecule has 13 nitrogen and oxygen atoms in total. The molecular weight excluding hydrogens is 384 g/mol. The summed E-state index contributed by atoms with van der Waals surface area (Å²) < 4.78 is 0.988. The van der Waals surface area contributed by atoms with E-state index >= 15 is 0 Å². The second-order valence-electron chi connectivity index (χ2n) is 6.35. The van der Waals surface area contributed by atoms with Crippen LogP contribution in [0, 0.1) is 10.1 Å². The molecule has 0 radical (unpaired) electrons. The number of non-ortho nitro benzene ring substituents is 1. The fourth-order valence-electron chi connectivity index (χ4n) is 2.67. The second-order valence-corrected chi connectivity index (χ2v) is 6.35. The number of hydrogen-bond donors (Lipinski definition) is 3. The molecule has 0 saturated carbocycles. The van der Waals surface area contributed by atoms with Crippen LogP contribution in [0.1, 0.15) is 13.8 Å². The third-order valence-corrected chi connectivity index (χ3v) is 3.82. The lowest BCUT2D eigenvalue weighted by Gasteiger charge is -2.15. The van der Waals surface area contributed by atoms with Crippen molar-refractivity contribution in [1.82, 2.24) is 30.2 Å². The number of carboxylic acids is 1. The van der Waals surface area contributed by atoms with Gasteiger partial charge in [0.1, 0.15) is 6.54 Å². The minimum atomic E-state index is -1.25. The van der Waals surface area contributed by atoms with Crippen LogP contribution < -0.4 is 10.9 Å². The minimum Gasteiger partial charge on any atom is -0.480 e. The van der Waals surface area contributed by atoms with Gasteiger partial charge in [0, 0.05) is 29.3 Å². The number of nitro benzene ring substituents is 1. The van der Waals surface area contributed by atoms with Gasteiger partial charge in [0.25, 0.3) is 11.2 Å². The summed E-state index contributed by atoms with van der Waals surface area (Å²) in [7, 11) is 0. The summed E-state index contributed by atoms with van der Waals surface area (Å²) in [5.74, 6) is -1.09. The number of rotatable bonds is 7. The van der Waals surface area contributed by atoms with E-state index in [-0.39, 0.29) is 40.2 Å². The summed E-state index contributed by atoms with van der Waals surface area (Å²) in [5, 5.41) is 36.6. The Kier molecular flexibility index (Phi) is 5.29. The van der Waals surface area contributed by atoms with Crippen molar-refractivity contribution in [2.24, 2.45) is 0 Å². The number of nitro groups is 1. The smallest absolute Gasteiger partial charge is 0.323 e. The van der Waals surface area contributed by atoms with Crippen LogP contribution in [0.25, 0.3) is 22.6 Å². The van der Waals surface area contributed by atoms with E-state index in [1.807, 2.05) is 0 Å². The van der Waals surface area contributed by atoms with Crippen LogP contribution >= 0.6 is 0 Å². The number of hydrogen-bond acceptors (Lipinski definition) is 9. The van der Waals surface area contributed by atoms with Gasteiger partial charge in [0.05, 0.1) is 16.8 Å². The highest BCUT2D eigenvalue weighted by Crippen LogP contribution is 2.29. The number of tetrazole rings is 1. The molecular formula is C16H16N8O5. The molecule has 13 heteroatoms. The number of aromatic amines is 1. The Morgan fingerprint density at radius 2 is 2.07 bits per heavy atom. The molecule has 2 aromatic heterocycles. The van der Waals surface area contributed by atoms with Crippen molar-refractivity contribution in [3.05, 3.63) is 44.9 Å². The van der Waals surface area contributed by atoms with Gasteiger partial charge in [-0.05, 0) is 30.3 Å². The lowest BCUT2D eigenvalue weighted by molar-refractivity contribution is -0.384. The Labute approximate surface area is 162 Å². The lowest BCUT2D eigenvalue weighted by Crippen LogP contribution is -2.30. The maximum atomic E-state index is 12.8. The van der Waals surface area contributed by atoms with Crippen LogP contribution in [0.15, 0.2) is 29.2 Å². The standard InChI is InChI=1S/C16H16N8O5/c1-8(2)18-15-16(27)23(7-13(25)26)12(6-17-15)9-3-10(14-19-21-22-20-14)5-11(4-9)24(28)29/h3-6,8H,7H2,1-2H3,(H,17,18)(H,25,26)(H,19,20,21,22). The van der Waals surface area contributed by atoms with Crippen LogP contribution in [0.5, 0.6) is 0 Å². The zero-order valence-electron chi connectivity index (χ0n) is 15.4. The molecule has 0 bridgehead atoms. The Morgan fingerprint density at radius 1 is 1.34 bits per heavy atom. The van der Waals surface area contributed by atoms with Gasteiger partial charge in [-0.3, -0.25) is 24.3 Å². The van der Waals surface area contributed by atoms with Gasteiger partial charge in [-0.1, -0.05) is 0 Å². The van der Waals surface area contributed by atoms with Crippen molar-refractivity contribution in [1.29, 1.82) is 0 Å². The van der Waals surface area contributed by atoms with Crippen LogP contribution in [0.2, 0.25) is 0 Å². The van der Waals surface area contributed by atoms with E-state index < -0.39 is 23.0 Å². The number of carboxylic acid groups (broad SMARTS) is 1. The average molecular weight is 400 g/mol. The van der Waals surface area contributed by atoms with Crippen LogP contribution in [-0.4, -0.2) is 52.2 Å². The van der Waals surface area contributed by atoms with E-state index in [0.29, 0.717) is 0 Å². The molecule has 2 heterocycles. The first-order chi connectivity index (χ1) is 13.8. The summed E-state index contributed by atoms with van der Waals surface area (Å²) in [6.07, 6.45) is 1.29. The Hall–Kier alpha value is -4.16. The number of anilines is 1. The molecule has 0 fully saturated rings. The van der Waals surface area contributed by atoms with E-state index in [4.69, 9.17) is 0 Å². The number of nitrogens with zero attached hydrogens (tertiary/aromatic N) is 6. The zero-order valence-corrected chi connectivity index (χ0v) is 15.4. The van der Waals surface area contributed by atoms with Crippen LogP contribution in [0.4, 0.5) is 11.5 Å². The van der Waals surface area contributed by atoms with Crippen LogP contribution in [0.3, 0.4) is 0 Å². The van der Waals surface area contributed by atoms with Crippen LogP contribution in [-0.2, 0) is 11.3 Å². The number of aromatic nitrogens is 6. The summed E-state index contributed by atoms with van der Waals surface area (Å²) >= 11 is 0. The molecule has 0 spiro atoms. The van der Waals surface area contributed by atoms with E-state index in [2.05, 4.69) is 30.9 Å². The molecule has 3 aromatic rings. The molecule has 0 saturated heterocycles. The molecule has 3 N–H and O–H groups in total. The quantitative estimate of drug-likeness (QED) is 0.380. The normalized spacial score (nSPS) is 10.9. The molecule has 3 rings (SSSR count). The molecule has 0 amide bonds. The first-order valence-corrected chi connectivity index (χ1v) is 8.38. The van der Waals surface area contributed by atoms with Crippen molar-refractivity contribution >= 4 is 17.5 Å². The summed E-state index contributed by atoms with van der Waals surface area (Å²) in [6, 6.07) is 3.87. The summed E-state index contributed by atoms with van der Waals surface area (Å²) in [5.41, 5.74) is -0.338. The van der Waals surface area contributed by atoms with Crippen molar-refractivity contribution in [2.75, 3.05) is 5.32 Å². The van der Waals surface area contributed by atoms with Gasteiger partial charge >= 0.3 is 5.97 Å². The number of H-pyrrole nitrogens is 1. The monoisotopic (exact) mass is 400 g/mol. The van der Waals surface area contributed by atoms with Gasteiger partial charge in [0.2, 0.25) is 0 Å². The summed E-state index contributed by atoms with van der Waals surface area (Å²) in [4.78, 5) is 38.9. The molecule has 0 atom stereocenters. The number of benzene rings is 1. The first kappa shape index (κ1) is 19.6. The molecule has 0 aliphatic carbocycles.